The number of hydrogen-bond acceptors (Lipinski definition) is 5. The standard InChI is InChI=1S/C20H26N4O4S/c1-23-12-17(11-21-23)14-3-4-18-19(9-14)28-8-6-16-13-24(29(2,26)27)7-5-15(16)10-20(25)22-18/h3-4,9,11-12,15-16H,5-8,10,13H2,1-2H3,(H,22,25)/t15-,16-/m0/s1. The maximum Gasteiger partial charge on any atom is 0.224 e. The number of piperidine rings is 1. The predicted molar refractivity (Wildman–Crippen MR) is 110 cm³/mol. The van der Waals surface area contributed by atoms with Crippen molar-refractivity contribution in [2.24, 2.45) is 18.9 Å². The Morgan fingerprint density at radius 3 is 2.76 bits per heavy atom. The van der Waals surface area contributed by atoms with Crippen LogP contribution in [0.4, 0.5) is 5.69 Å². The topological polar surface area (TPSA) is 93.5 Å². The smallest absolute Gasteiger partial charge is 0.224 e. The van der Waals surface area contributed by atoms with Crippen LogP contribution in [0.25, 0.3) is 11.1 Å². The van der Waals surface area contributed by atoms with E-state index in [2.05, 4.69) is 10.4 Å². The van der Waals surface area contributed by atoms with E-state index in [0.29, 0.717) is 50.4 Å². The highest BCUT2D eigenvalue weighted by atomic mass is 32.2. The molecule has 0 aliphatic carbocycles. The number of aromatic nitrogens is 2. The van der Waals surface area contributed by atoms with Crippen LogP contribution < -0.4 is 10.1 Å². The summed E-state index contributed by atoms with van der Waals surface area (Å²) in [6.07, 6.45) is 6.75. The molecule has 3 heterocycles. The first-order chi connectivity index (χ1) is 13.8. The average molecular weight is 419 g/mol. The fourth-order valence-electron chi connectivity index (χ4n) is 4.20. The highest BCUT2D eigenvalue weighted by molar-refractivity contribution is 7.88. The fraction of sp³-hybridized carbons (Fsp3) is 0.500. The van der Waals surface area contributed by atoms with Gasteiger partial charge in [0.05, 0.1) is 24.7 Å². The molecule has 0 radical (unpaired) electrons. The first-order valence-electron chi connectivity index (χ1n) is 9.80. The third kappa shape index (κ3) is 4.45. The molecule has 156 valence electrons. The van der Waals surface area contributed by atoms with Gasteiger partial charge in [-0.3, -0.25) is 9.48 Å². The first-order valence-corrected chi connectivity index (χ1v) is 11.7. The summed E-state index contributed by atoms with van der Waals surface area (Å²) in [7, 11) is -1.36. The van der Waals surface area contributed by atoms with Gasteiger partial charge < -0.3 is 10.1 Å². The van der Waals surface area contributed by atoms with Gasteiger partial charge in [0, 0.05) is 38.3 Å². The van der Waals surface area contributed by atoms with Crippen molar-refractivity contribution in [3.63, 3.8) is 0 Å². The molecule has 29 heavy (non-hydrogen) atoms. The summed E-state index contributed by atoms with van der Waals surface area (Å²) in [5, 5.41) is 7.17. The van der Waals surface area contributed by atoms with Crippen LogP contribution in [-0.4, -0.2) is 54.4 Å². The molecule has 1 aromatic heterocycles. The summed E-state index contributed by atoms with van der Waals surface area (Å²) in [5.41, 5.74) is 2.59. The molecular formula is C20H26N4O4S. The number of carbonyl (C=O) groups excluding carboxylic acids is 1. The third-order valence-electron chi connectivity index (χ3n) is 5.81. The first kappa shape index (κ1) is 19.9. The number of carbonyl (C=O) groups is 1. The fourth-order valence-corrected chi connectivity index (χ4v) is 5.10. The van der Waals surface area contributed by atoms with Crippen LogP contribution in [-0.2, 0) is 21.9 Å². The van der Waals surface area contributed by atoms with Gasteiger partial charge in [0.15, 0.2) is 0 Å². The van der Waals surface area contributed by atoms with Crippen LogP contribution in [0, 0.1) is 11.8 Å². The lowest BCUT2D eigenvalue weighted by Crippen LogP contribution is -2.44. The molecule has 4 rings (SSSR count). The van der Waals surface area contributed by atoms with Crippen molar-refractivity contribution in [1.82, 2.24) is 14.1 Å². The molecule has 0 saturated carbocycles. The molecular weight excluding hydrogens is 392 g/mol. The van der Waals surface area contributed by atoms with Crippen molar-refractivity contribution in [3.05, 3.63) is 30.6 Å². The number of ether oxygens (including phenoxy) is 1. The average Bonchev–Trinajstić information content (AvgIpc) is 3.09. The number of sulfonamides is 1. The Morgan fingerprint density at radius 2 is 2.03 bits per heavy atom. The number of amides is 1. The number of aryl methyl sites for hydroxylation is 1. The normalized spacial score (nSPS) is 23.4. The molecule has 0 bridgehead atoms. The number of benzene rings is 1. The zero-order valence-corrected chi connectivity index (χ0v) is 17.5. The molecule has 8 nitrogen and oxygen atoms in total. The second-order valence-electron chi connectivity index (χ2n) is 7.93. The van der Waals surface area contributed by atoms with E-state index in [4.69, 9.17) is 4.74 Å². The van der Waals surface area contributed by atoms with E-state index in [1.165, 1.54) is 10.6 Å². The molecule has 1 aromatic carbocycles. The molecule has 1 fully saturated rings. The third-order valence-corrected chi connectivity index (χ3v) is 7.08. The molecule has 2 atom stereocenters. The van der Waals surface area contributed by atoms with Gasteiger partial charge in [-0.2, -0.15) is 5.10 Å². The van der Waals surface area contributed by atoms with E-state index in [1.54, 1.807) is 10.9 Å². The van der Waals surface area contributed by atoms with Crippen molar-refractivity contribution in [2.45, 2.75) is 19.3 Å². The Bertz CT molecular complexity index is 1020. The van der Waals surface area contributed by atoms with Crippen molar-refractivity contribution in [3.8, 4) is 16.9 Å². The molecule has 1 saturated heterocycles. The van der Waals surface area contributed by atoms with Crippen molar-refractivity contribution in [1.29, 1.82) is 0 Å². The summed E-state index contributed by atoms with van der Waals surface area (Å²) in [6.45, 7) is 1.39. The highest BCUT2D eigenvalue weighted by Crippen LogP contribution is 2.35. The zero-order chi connectivity index (χ0) is 20.6. The van der Waals surface area contributed by atoms with Crippen LogP contribution in [0.1, 0.15) is 19.3 Å². The second kappa shape index (κ2) is 7.79. The number of anilines is 1. The van der Waals surface area contributed by atoms with Crippen molar-refractivity contribution in [2.75, 3.05) is 31.3 Å². The van der Waals surface area contributed by atoms with Crippen LogP contribution in [0.5, 0.6) is 5.75 Å². The Morgan fingerprint density at radius 1 is 1.21 bits per heavy atom. The number of nitrogens with one attached hydrogen (secondary N) is 1. The predicted octanol–water partition coefficient (Wildman–Crippen LogP) is 2.10. The molecule has 0 unspecified atom stereocenters. The van der Waals surface area contributed by atoms with E-state index >= 15 is 0 Å². The molecule has 9 heteroatoms. The molecule has 2 aliphatic heterocycles. The minimum absolute atomic E-state index is 0.0614. The van der Waals surface area contributed by atoms with Gasteiger partial charge in [-0.1, -0.05) is 6.07 Å². The molecule has 2 aliphatic rings. The SMILES string of the molecule is Cn1cc(-c2ccc3c(c2)OCC[C@H]2CN(S(C)(=O)=O)CC[C@H]2CC(=O)N3)cn1. The minimum Gasteiger partial charge on any atom is -0.491 e. The van der Waals surface area contributed by atoms with E-state index < -0.39 is 10.0 Å². The van der Waals surface area contributed by atoms with E-state index in [1.807, 2.05) is 31.4 Å². The molecule has 2 aromatic rings. The Labute approximate surface area is 170 Å². The maximum atomic E-state index is 12.6. The number of rotatable bonds is 2. The minimum atomic E-state index is -3.23. The van der Waals surface area contributed by atoms with Crippen molar-refractivity contribution >= 4 is 21.6 Å². The quantitative estimate of drug-likeness (QED) is 0.806. The summed E-state index contributed by atoms with van der Waals surface area (Å²) < 4.78 is 33.2. The largest absolute Gasteiger partial charge is 0.491 e. The van der Waals surface area contributed by atoms with Gasteiger partial charge in [0.2, 0.25) is 15.9 Å². The Kier molecular flexibility index (Phi) is 5.35. The Balaban J connectivity index is 1.56. The summed E-state index contributed by atoms with van der Waals surface area (Å²) in [5.74, 6) is 0.822. The lowest BCUT2D eigenvalue weighted by atomic mass is 9.82. The van der Waals surface area contributed by atoms with Gasteiger partial charge in [0.1, 0.15) is 5.75 Å². The van der Waals surface area contributed by atoms with Gasteiger partial charge in [-0.25, -0.2) is 12.7 Å². The van der Waals surface area contributed by atoms with Crippen molar-refractivity contribution < 1.29 is 17.9 Å². The van der Waals surface area contributed by atoms with E-state index in [0.717, 1.165) is 11.1 Å². The molecule has 0 spiro atoms. The summed E-state index contributed by atoms with van der Waals surface area (Å²) in [6, 6.07) is 5.72. The van der Waals surface area contributed by atoms with E-state index in [-0.39, 0.29) is 17.7 Å². The van der Waals surface area contributed by atoms with Gasteiger partial charge in [-0.05, 0) is 42.4 Å². The highest BCUT2D eigenvalue weighted by Gasteiger charge is 2.34. The van der Waals surface area contributed by atoms with Gasteiger partial charge in [-0.15, -0.1) is 0 Å². The zero-order valence-electron chi connectivity index (χ0n) is 16.7. The molecule has 1 N–H and O–H groups in total. The maximum absolute atomic E-state index is 12.6. The lowest BCUT2D eigenvalue weighted by molar-refractivity contribution is -0.117. The van der Waals surface area contributed by atoms with E-state index in [9.17, 15) is 13.2 Å². The van der Waals surface area contributed by atoms with Crippen LogP contribution in [0.15, 0.2) is 30.6 Å². The van der Waals surface area contributed by atoms with Gasteiger partial charge >= 0.3 is 0 Å². The van der Waals surface area contributed by atoms with Crippen LogP contribution in [0.2, 0.25) is 0 Å². The number of nitrogens with zero attached hydrogens (tertiary/aromatic N) is 3. The molecule has 1 amide bonds. The number of hydrogen-bond donors (Lipinski definition) is 1. The summed E-state index contributed by atoms with van der Waals surface area (Å²) >= 11 is 0. The number of fused-ring (bicyclic) bond motifs is 2. The van der Waals surface area contributed by atoms with Crippen LogP contribution in [0.3, 0.4) is 0 Å². The van der Waals surface area contributed by atoms with Gasteiger partial charge in [0.25, 0.3) is 0 Å². The Hall–Kier alpha value is -2.39. The van der Waals surface area contributed by atoms with Crippen LogP contribution >= 0.6 is 0 Å². The monoisotopic (exact) mass is 418 g/mol. The lowest BCUT2D eigenvalue weighted by Gasteiger charge is -2.37. The second-order valence-corrected chi connectivity index (χ2v) is 9.92. The summed E-state index contributed by atoms with van der Waals surface area (Å²) in [4.78, 5) is 12.6.